The number of likely N-dealkylation sites (N-methyl/N-ethyl adjacent to an activating group) is 2. The number of ether oxygens (including phenoxy) is 2. The minimum atomic E-state index is -0.435. The number of hydrogen-bond donors (Lipinski definition) is 3. The predicted molar refractivity (Wildman–Crippen MR) is 209 cm³/mol. The molecule has 0 bridgehead atoms. The minimum absolute atomic E-state index is 0.0539. The lowest BCUT2D eigenvalue weighted by atomic mass is 10.0. The number of piperidine rings is 1. The van der Waals surface area contributed by atoms with Crippen molar-refractivity contribution in [2.24, 2.45) is 0 Å². The fraction of sp³-hybridized carbons (Fsp3) is 0.463. The van der Waals surface area contributed by atoms with Crippen LogP contribution >= 0.6 is 0 Å². The summed E-state index contributed by atoms with van der Waals surface area (Å²) < 4.78 is 10.6. The molecule has 3 N–H and O–H groups in total. The molecule has 0 unspecified atom stereocenters. The summed E-state index contributed by atoms with van der Waals surface area (Å²) in [6, 6.07) is 25.1. The lowest BCUT2D eigenvalue weighted by Gasteiger charge is -2.32. The number of benzene rings is 3. The van der Waals surface area contributed by atoms with Gasteiger partial charge in [-0.05, 0) is 68.0 Å². The van der Waals surface area contributed by atoms with Crippen molar-refractivity contribution in [3.63, 3.8) is 0 Å². The highest BCUT2D eigenvalue weighted by Crippen LogP contribution is 2.28. The number of methoxy groups -OCH3 is 1. The number of unbranched alkanes of at least 4 members (excludes halogenated alkanes) is 2. The van der Waals surface area contributed by atoms with Crippen LogP contribution in [0.5, 0.6) is 0 Å². The summed E-state index contributed by atoms with van der Waals surface area (Å²) in [7, 11) is 5.08. The second kappa shape index (κ2) is 22.2. The van der Waals surface area contributed by atoms with Crippen LogP contribution < -0.4 is 16.0 Å². The molecule has 1 aliphatic rings. The molecule has 0 atom stereocenters. The van der Waals surface area contributed by atoms with Crippen molar-refractivity contribution in [2.75, 3.05) is 84.3 Å². The first-order valence-electron chi connectivity index (χ1n) is 18.7. The molecule has 0 saturated carbocycles. The fourth-order valence-corrected chi connectivity index (χ4v) is 6.14. The molecule has 1 saturated heterocycles. The Morgan fingerprint density at radius 1 is 0.774 bits per heavy atom. The number of nitrogens with one attached hydrogen (secondary N) is 3. The average Bonchev–Trinajstić information content (AvgIpc) is 3.18. The van der Waals surface area contributed by atoms with Crippen LogP contribution in [0.1, 0.15) is 55.3 Å². The van der Waals surface area contributed by atoms with Gasteiger partial charge in [-0.15, -0.1) is 0 Å². The van der Waals surface area contributed by atoms with Crippen LogP contribution in [-0.4, -0.2) is 118 Å². The molecule has 1 aliphatic heterocycles. The zero-order valence-electron chi connectivity index (χ0n) is 31.5. The maximum atomic E-state index is 12.7. The zero-order chi connectivity index (χ0) is 37.8. The van der Waals surface area contributed by atoms with Gasteiger partial charge in [-0.1, -0.05) is 55.0 Å². The number of para-hydroxylation sites is 1. The zero-order valence-corrected chi connectivity index (χ0v) is 31.5. The number of anilines is 2. The van der Waals surface area contributed by atoms with Gasteiger partial charge in [-0.25, -0.2) is 4.79 Å². The minimum Gasteiger partial charge on any atom is -0.446 e. The summed E-state index contributed by atoms with van der Waals surface area (Å²) in [5.74, 6) is -0.0729. The lowest BCUT2D eigenvalue weighted by Crippen LogP contribution is -2.42. The van der Waals surface area contributed by atoms with Crippen LogP contribution in [0, 0.1) is 0 Å². The molecule has 0 aromatic heterocycles. The van der Waals surface area contributed by atoms with E-state index in [1.54, 1.807) is 24.1 Å². The fourth-order valence-electron chi connectivity index (χ4n) is 6.14. The van der Waals surface area contributed by atoms with E-state index in [-0.39, 0.29) is 30.4 Å². The first-order chi connectivity index (χ1) is 25.7. The van der Waals surface area contributed by atoms with E-state index >= 15 is 0 Å². The third kappa shape index (κ3) is 14.2. The van der Waals surface area contributed by atoms with Gasteiger partial charge >= 0.3 is 6.09 Å². The number of hydrogen-bond acceptors (Lipinski definition) is 8. The molecular weight excluding hydrogens is 672 g/mol. The molecule has 286 valence electrons. The summed E-state index contributed by atoms with van der Waals surface area (Å²) >= 11 is 0. The van der Waals surface area contributed by atoms with Crippen LogP contribution in [-0.2, 0) is 19.1 Å². The van der Waals surface area contributed by atoms with Crippen molar-refractivity contribution in [3.8, 4) is 11.1 Å². The van der Waals surface area contributed by atoms with Crippen LogP contribution in [0.4, 0.5) is 16.2 Å². The van der Waals surface area contributed by atoms with Gasteiger partial charge in [-0.2, -0.15) is 0 Å². The van der Waals surface area contributed by atoms with E-state index in [1.807, 2.05) is 78.7 Å². The molecular formula is C41H56N6O6. The van der Waals surface area contributed by atoms with E-state index in [9.17, 15) is 19.2 Å². The Kier molecular flexibility index (Phi) is 17.1. The van der Waals surface area contributed by atoms with Gasteiger partial charge in [0.25, 0.3) is 5.91 Å². The SMILES string of the molecule is COCC(=O)N(C)CCCNC(=O)c1ccc(NCCCCCC(=O)N(C)CCN2CCC(OC(=O)Nc3ccccc3-c3ccccc3)CC2)cc1. The Balaban J connectivity index is 1.02. The quantitative estimate of drug-likeness (QED) is 0.126. The smallest absolute Gasteiger partial charge is 0.411 e. The summed E-state index contributed by atoms with van der Waals surface area (Å²) in [4.78, 5) is 55.4. The second-order valence-corrected chi connectivity index (χ2v) is 13.5. The molecule has 0 aliphatic carbocycles. The third-order valence-electron chi connectivity index (χ3n) is 9.43. The molecule has 53 heavy (non-hydrogen) atoms. The molecule has 1 fully saturated rings. The highest BCUT2D eigenvalue weighted by molar-refractivity contribution is 5.94. The van der Waals surface area contributed by atoms with Crippen LogP contribution in [0.15, 0.2) is 78.9 Å². The number of amides is 4. The van der Waals surface area contributed by atoms with E-state index in [0.29, 0.717) is 38.0 Å². The standard InChI is InChI=1S/C41H56N6O6/c1-45(39(49)31-52-3)26-12-25-43-40(50)33-18-20-34(21-19-33)42-24-11-5-8-17-38(48)46(2)29-30-47-27-22-35(23-28-47)53-41(51)44-37-16-10-9-15-36(37)32-13-6-4-7-14-32/h4,6-7,9-10,13-16,18-21,35,42H,5,8,11-12,17,22-31H2,1-3H3,(H,43,50)(H,44,51). The number of likely N-dealkylation sites (tertiary alicyclic amines) is 1. The van der Waals surface area contributed by atoms with Gasteiger partial charge < -0.3 is 34.8 Å². The average molecular weight is 729 g/mol. The first-order valence-corrected chi connectivity index (χ1v) is 18.7. The van der Waals surface area contributed by atoms with Crippen molar-refractivity contribution in [1.29, 1.82) is 0 Å². The topological polar surface area (TPSA) is 133 Å². The van der Waals surface area contributed by atoms with Crippen molar-refractivity contribution in [2.45, 2.75) is 51.0 Å². The van der Waals surface area contributed by atoms with Gasteiger partial charge in [0.15, 0.2) is 0 Å². The van der Waals surface area contributed by atoms with E-state index < -0.39 is 6.09 Å². The summed E-state index contributed by atoms with van der Waals surface area (Å²) in [6.45, 7) is 4.97. The number of carbonyl (C=O) groups excluding carboxylic acids is 4. The Bertz CT molecular complexity index is 1580. The summed E-state index contributed by atoms with van der Waals surface area (Å²) in [5.41, 5.74) is 4.24. The third-order valence-corrected chi connectivity index (χ3v) is 9.43. The van der Waals surface area contributed by atoms with Crippen molar-refractivity contribution in [1.82, 2.24) is 20.0 Å². The second-order valence-electron chi connectivity index (χ2n) is 13.5. The Hall–Kier alpha value is -4.94. The monoisotopic (exact) mass is 728 g/mol. The van der Waals surface area contributed by atoms with Crippen LogP contribution in [0.25, 0.3) is 11.1 Å². The number of nitrogens with zero attached hydrogens (tertiary/aromatic N) is 3. The van der Waals surface area contributed by atoms with Crippen LogP contribution in [0.3, 0.4) is 0 Å². The number of carbonyl (C=O) groups is 4. The molecule has 0 radical (unpaired) electrons. The number of rotatable bonds is 20. The van der Waals surface area contributed by atoms with E-state index in [4.69, 9.17) is 9.47 Å². The Labute approximate surface area is 314 Å². The van der Waals surface area contributed by atoms with Crippen LogP contribution in [0.2, 0.25) is 0 Å². The molecule has 4 amide bonds. The first kappa shape index (κ1) is 40.8. The van der Waals surface area contributed by atoms with Crippen molar-refractivity contribution >= 4 is 35.2 Å². The summed E-state index contributed by atoms with van der Waals surface area (Å²) in [5, 5.41) is 9.21. The molecule has 12 nitrogen and oxygen atoms in total. The van der Waals surface area contributed by atoms with E-state index in [2.05, 4.69) is 20.9 Å². The molecule has 1 heterocycles. The predicted octanol–water partition coefficient (Wildman–Crippen LogP) is 5.72. The van der Waals surface area contributed by atoms with Crippen molar-refractivity contribution in [3.05, 3.63) is 84.4 Å². The van der Waals surface area contributed by atoms with Gasteiger partial charge in [0.2, 0.25) is 11.8 Å². The van der Waals surface area contributed by atoms with Gasteiger partial charge in [0.1, 0.15) is 12.7 Å². The Morgan fingerprint density at radius 2 is 1.47 bits per heavy atom. The Morgan fingerprint density at radius 3 is 2.21 bits per heavy atom. The maximum Gasteiger partial charge on any atom is 0.411 e. The molecule has 0 spiro atoms. The maximum absolute atomic E-state index is 12.7. The van der Waals surface area contributed by atoms with Gasteiger partial charge in [-0.3, -0.25) is 19.7 Å². The van der Waals surface area contributed by atoms with E-state index in [0.717, 1.165) is 80.8 Å². The largest absolute Gasteiger partial charge is 0.446 e. The molecule has 3 aromatic carbocycles. The molecule has 3 aromatic rings. The highest BCUT2D eigenvalue weighted by Gasteiger charge is 2.23. The van der Waals surface area contributed by atoms with Gasteiger partial charge in [0, 0.05) is 90.3 Å². The lowest BCUT2D eigenvalue weighted by molar-refractivity contribution is -0.133. The molecule has 12 heteroatoms. The van der Waals surface area contributed by atoms with Crippen molar-refractivity contribution < 1.29 is 28.7 Å². The molecule has 4 rings (SSSR count). The normalized spacial score (nSPS) is 13.2. The van der Waals surface area contributed by atoms with E-state index in [1.165, 1.54) is 7.11 Å². The highest BCUT2D eigenvalue weighted by atomic mass is 16.6. The summed E-state index contributed by atoms with van der Waals surface area (Å²) in [6.07, 6.45) is 4.86. The van der Waals surface area contributed by atoms with Gasteiger partial charge in [0.05, 0.1) is 5.69 Å².